The molecular formula is C18H15Cl2N3O2. The molecule has 1 aliphatic rings. The zero-order chi connectivity index (χ0) is 18.0. The summed E-state index contributed by atoms with van der Waals surface area (Å²) in [5.41, 5.74) is 2.24. The number of amides is 3. The predicted octanol–water partition coefficient (Wildman–Crippen LogP) is 4.26. The Kier molecular flexibility index (Phi) is 4.97. The van der Waals surface area contributed by atoms with Gasteiger partial charge in [-0.25, -0.2) is 4.79 Å². The molecule has 1 unspecified atom stereocenters. The van der Waals surface area contributed by atoms with Gasteiger partial charge in [0, 0.05) is 21.4 Å². The van der Waals surface area contributed by atoms with Crippen LogP contribution in [-0.2, 0) is 4.79 Å². The lowest BCUT2D eigenvalue weighted by Crippen LogP contribution is -2.45. The summed E-state index contributed by atoms with van der Waals surface area (Å²) in [6, 6.07) is 12.9. The normalized spacial score (nSPS) is 16.9. The van der Waals surface area contributed by atoms with Crippen LogP contribution in [0.2, 0.25) is 10.0 Å². The lowest BCUT2D eigenvalue weighted by molar-refractivity contribution is -0.113. The highest BCUT2D eigenvalue weighted by Crippen LogP contribution is 2.28. The van der Waals surface area contributed by atoms with Crippen LogP contribution in [0, 0.1) is 0 Å². The van der Waals surface area contributed by atoms with Crippen LogP contribution >= 0.6 is 23.2 Å². The Morgan fingerprint density at radius 3 is 2.48 bits per heavy atom. The van der Waals surface area contributed by atoms with Gasteiger partial charge in [-0.2, -0.15) is 0 Å². The molecule has 25 heavy (non-hydrogen) atoms. The molecule has 128 valence electrons. The van der Waals surface area contributed by atoms with E-state index in [-0.39, 0.29) is 11.9 Å². The maximum Gasteiger partial charge on any atom is 0.319 e. The van der Waals surface area contributed by atoms with Crippen molar-refractivity contribution in [2.24, 2.45) is 0 Å². The fourth-order valence-corrected chi connectivity index (χ4v) is 2.98. The molecule has 1 heterocycles. The number of hydrogen-bond acceptors (Lipinski definition) is 2. The number of nitrogens with one attached hydrogen (secondary N) is 3. The molecule has 3 amide bonds. The molecule has 0 aromatic heterocycles. The third-order valence-corrected chi connectivity index (χ3v) is 4.29. The molecule has 0 radical (unpaired) electrons. The summed E-state index contributed by atoms with van der Waals surface area (Å²) >= 11 is 11.9. The summed E-state index contributed by atoms with van der Waals surface area (Å²) in [5, 5.41) is 9.32. The Morgan fingerprint density at radius 1 is 1.08 bits per heavy atom. The molecule has 2 aromatic rings. The Labute approximate surface area is 155 Å². The van der Waals surface area contributed by atoms with Gasteiger partial charge in [-0.1, -0.05) is 41.4 Å². The molecule has 3 rings (SSSR count). The number of carbonyl (C=O) groups excluding carboxylic acids is 2. The molecular weight excluding hydrogens is 361 g/mol. The number of hydrogen-bond donors (Lipinski definition) is 3. The summed E-state index contributed by atoms with van der Waals surface area (Å²) in [7, 11) is 0. The Morgan fingerprint density at radius 2 is 1.80 bits per heavy atom. The average Bonchev–Trinajstić information content (AvgIpc) is 2.54. The first-order chi connectivity index (χ1) is 11.9. The van der Waals surface area contributed by atoms with Crippen molar-refractivity contribution in [3.8, 4) is 0 Å². The lowest BCUT2D eigenvalue weighted by atomic mass is 9.95. The second-order valence-corrected chi connectivity index (χ2v) is 6.46. The average molecular weight is 376 g/mol. The van der Waals surface area contributed by atoms with Gasteiger partial charge in [0.1, 0.15) is 0 Å². The number of benzene rings is 2. The molecule has 0 saturated heterocycles. The number of urea groups is 1. The Bertz CT molecular complexity index is 863. The lowest BCUT2D eigenvalue weighted by Gasteiger charge is -2.28. The van der Waals surface area contributed by atoms with E-state index >= 15 is 0 Å². The monoisotopic (exact) mass is 375 g/mol. The van der Waals surface area contributed by atoms with E-state index in [1.54, 1.807) is 55.5 Å². The number of rotatable bonds is 3. The second-order valence-electron chi connectivity index (χ2n) is 5.59. The molecule has 0 aliphatic carbocycles. The summed E-state index contributed by atoms with van der Waals surface area (Å²) in [6.07, 6.45) is 0. The van der Waals surface area contributed by atoms with Crippen LogP contribution in [0.5, 0.6) is 0 Å². The van der Waals surface area contributed by atoms with Crippen molar-refractivity contribution in [3.63, 3.8) is 0 Å². The molecule has 7 heteroatoms. The molecule has 1 aliphatic heterocycles. The number of carbonyl (C=O) groups is 2. The van der Waals surface area contributed by atoms with Gasteiger partial charge in [0.2, 0.25) is 0 Å². The molecule has 2 aromatic carbocycles. The fraction of sp³-hybridized carbons (Fsp3) is 0.111. The van der Waals surface area contributed by atoms with Gasteiger partial charge in [-0.3, -0.25) is 4.79 Å². The first-order valence-corrected chi connectivity index (χ1v) is 8.30. The van der Waals surface area contributed by atoms with E-state index in [4.69, 9.17) is 23.2 Å². The Balaban J connectivity index is 1.94. The maximum absolute atomic E-state index is 12.8. The number of halogens is 2. The summed E-state index contributed by atoms with van der Waals surface area (Å²) in [4.78, 5) is 24.7. The predicted molar refractivity (Wildman–Crippen MR) is 98.6 cm³/mol. The smallest absolute Gasteiger partial charge is 0.319 e. The van der Waals surface area contributed by atoms with Crippen molar-refractivity contribution >= 4 is 40.8 Å². The third kappa shape index (κ3) is 3.95. The summed E-state index contributed by atoms with van der Waals surface area (Å²) < 4.78 is 0. The minimum absolute atomic E-state index is 0.327. The van der Waals surface area contributed by atoms with Crippen LogP contribution in [0.25, 0.3) is 0 Å². The van der Waals surface area contributed by atoms with Crippen LogP contribution in [0.3, 0.4) is 0 Å². The van der Waals surface area contributed by atoms with Gasteiger partial charge >= 0.3 is 6.03 Å². The van der Waals surface area contributed by atoms with E-state index in [1.807, 2.05) is 0 Å². The van der Waals surface area contributed by atoms with E-state index in [9.17, 15) is 9.59 Å². The van der Waals surface area contributed by atoms with E-state index in [0.29, 0.717) is 27.0 Å². The van der Waals surface area contributed by atoms with E-state index in [0.717, 1.165) is 5.56 Å². The highest BCUT2D eigenvalue weighted by atomic mass is 35.5. The highest BCUT2D eigenvalue weighted by molar-refractivity contribution is 6.31. The van der Waals surface area contributed by atoms with Gasteiger partial charge in [-0.05, 0) is 42.8 Å². The highest BCUT2D eigenvalue weighted by Gasteiger charge is 2.31. The van der Waals surface area contributed by atoms with Gasteiger partial charge in [0.05, 0.1) is 11.6 Å². The minimum atomic E-state index is -0.579. The fourth-order valence-electron chi connectivity index (χ4n) is 2.66. The molecule has 0 fully saturated rings. The van der Waals surface area contributed by atoms with Crippen molar-refractivity contribution in [2.75, 3.05) is 5.32 Å². The van der Waals surface area contributed by atoms with Crippen LogP contribution in [0.1, 0.15) is 18.5 Å². The van der Waals surface area contributed by atoms with Crippen LogP contribution in [-0.4, -0.2) is 11.9 Å². The van der Waals surface area contributed by atoms with Crippen molar-refractivity contribution in [2.45, 2.75) is 13.0 Å². The first-order valence-electron chi connectivity index (χ1n) is 7.54. The molecule has 5 nitrogen and oxygen atoms in total. The molecule has 0 saturated carbocycles. The molecule has 3 N–H and O–H groups in total. The third-order valence-electron chi connectivity index (χ3n) is 3.80. The first kappa shape index (κ1) is 17.3. The topological polar surface area (TPSA) is 70.2 Å². The van der Waals surface area contributed by atoms with Crippen molar-refractivity contribution < 1.29 is 9.59 Å². The van der Waals surface area contributed by atoms with Gasteiger partial charge < -0.3 is 16.0 Å². The van der Waals surface area contributed by atoms with Gasteiger partial charge in [-0.15, -0.1) is 0 Å². The maximum atomic E-state index is 12.8. The largest absolute Gasteiger partial charge is 0.327 e. The second kappa shape index (κ2) is 7.17. The van der Waals surface area contributed by atoms with Crippen LogP contribution < -0.4 is 16.0 Å². The van der Waals surface area contributed by atoms with Crippen LogP contribution in [0.4, 0.5) is 10.5 Å². The SMILES string of the molecule is CC1=C(C(=O)Nc2cccc(Cl)c2)C(c2ccc(Cl)cc2)NC(=O)N1. The van der Waals surface area contributed by atoms with Crippen molar-refractivity contribution in [3.05, 3.63) is 75.4 Å². The van der Waals surface area contributed by atoms with Crippen molar-refractivity contribution in [1.29, 1.82) is 0 Å². The van der Waals surface area contributed by atoms with Crippen LogP contribution in [0.15, 0.2) is 59.8 Å². The molecule has 0 spiro atoms. The van der Waals surface area contributed by atoms with Gasteiger partial charge in [0.15, 0.2) is 0 Å². The van der Waals surface area contributed by atoms with E-state index in [1.165, 1.54) is 0 Å². The zero-order valence-electron chi connectivity index (χ0n) is 13.3. The zero-order valence-corrected chi connectivity index (χ0v) is 14.8. The minimum Gasteiger partial charge on any atom is -0.327 e. The van der Waals surface area contributed by atoms with E-state index in [2.05, 4.69) is 16.0 Å². The molecule has 0 bridgehead atoms. The van der Waals surface area contributed by atoms with E-state index < -0.39 is 6.04 Å². The quantitative estimate of drug-likeness (QED) is 0.749. The number of allylic oxidation sites excluding steroid dienone is 1. The number of anilines is 1. The Hall–Kier alpha value is -2.50. The van der Waals surface area contributed by atoms with Gasteiger partial charge in [0.25, 0.3) is 5.91 Å². The molecule has 1 atom stereocenters. The summed E-state index contributed by atoms with van der Waals surface area (Å²) in [5.74, 6) is -0.327. The van der Waals surface area contributed by atoms with Crippen molar-refractivity contribution in [1.82, 2.24) is 10.6 Å². The summed E-state index contributed by atoms with van der Waals surface area (Å²) in [6.45, 7) is 1.69. The standard InChI is InChI=1S/C18H15Cl2N3O2/c1-10-15(17(24)22-14-4-2-3-13(20)9-14)16(23-18(25)21-10)11-5-7-12(19)8-6-11/h2-9,16H,1H3,(H,22,24)(H2,21,23,25).